The fourth-order valence-corrected chi connectivity index (χ4v) is 3.67. The van der Waals surface area contributed by atoms with E-state index >= 15 is 0 Å². The van der Waals surface area contributed by atoms with Gasteiger partial charge in [-0.3, -0.25) is 9.59 Å². The first-order valence-corrected chi connectivity index (χ1v) is 9.24. The first kappa shape index (κ1) is 19.7. The van der Waals surface area contributed by atoms with Crippen LogP contribution in [0.25, 0.3) is 0 Å². The SMILES string of the molecule is Cc1ccccc1C1NC(=O)c2cccc(NC(=O)c3cc(F)cc(C(F)F)c3)c21. The van der Waals surface area contributed by atoms with E-state index in [4.69, 9.17) is 0 Å². The van der Waals surface area contributed by atoms with Crippen LogP contribution in [-0.4, -0.2) is 11.8 Å². The van der Waals surface area contributed by atoms with Crippen LogP contribution in [0.3, 0.4) is 0 Å². The second kappa shape index (κ2) is 7.67. The van der Waals surface area contributed by atoms with Gasteiger partial charge in [-0.15, -0.1) is 0 Å². The Labute approximate surface area is 170 Å². The Bertz CT molecular complexity index is 1160. The Kier molecular flexibility index (Phi) is 5.03. The Morgan fingerprint density at radius 3 is 2.57 bits per heavy atom. The Hall–Kier alpha value is -3.61. The second-order valence-electron chi connectivity index (χ2n) is 7.06. The van der Waals surface area contributed by atoms with Crippen molar-refractivity contribution in [3.05, 3.63) is 99.9 Å². The molecule has 1 heterocycles. The molecule has 3 aromatic rings. The minimum absolute atomic E-state index is 0.229. The topological polar surface area (TPSA) is 58.2 Å². The molecule has 1 aliphatic rings. The number of carbonyl (C=O) groups is 2. The van der Waals surface area contributed by atoms with E-state index in [1.807, 2.05) is 31.2 Å². The number of carbonyl (C=O) groups excluding carboxylic acids is 2. The van der Waals surface area contributed by atoms with Crippen LogP contribution in [0.4, 0.5) is 18.9 Å². The number of amides is 2. The summed E-state index contributed by atoms with van der Waals surface area (Å²) < 4.78 is 39.7. The lowest BCUT2D eigenvalue weighted by molar-refractivity contribution is 0.0959. The van der Waals surface area contributed by atoms with Gasteiger partial charge in [-0.1, -0.05) is 30.3 Å². The molecule has 0 radical (unpaired) electrons. The van der Waals surface area contributed by atoms with E-state index in [1.54, 1.807) is 18.2 Å². The maximum absolute atomic E-state index is 13.7. The van der Waals surface area contributed by atoms with Gasteiger partial charge in [-0.05, 0) is 48.4 Å². The number of hydrogen-bond donors (Lipinski definition) is 2. The zero-order valence-electron chi connectivity index (χ0n) is 15.9. The molecule has 4 nitrogen and oxygen atoms in total. The molecule has 0 aliphatic carbocycles. The number of hydrogen-bond acceptors (Lipinski definition) is 2. The zero-order valence-corrected chi connectivity index (χ0v) is 15.9. The van der Waals surface area contributed by atoms with Crippen LogP contribution in [0.2, 0.25) is 0 Å². The molecule has 0 saturated carbocycles. The summed E-state index contributed by atoms with van der Waals surface area (Å²) in [5.41, 5.74) is 2.37. The third-order valence-corrected chi connectivity index (χ3v) is 5.10. The summed E-state index contributed by atoms with van der Waals surface area (Å²) in [7, 11) is 0. The number of rotatable bonds is 4. The summed E-state index contributed by atoms with van der Waals surface area (Å²) in [6.07, 6.45) is -2.90. The van der Waals surface area contributed by atoms with Crippen molar-refractivity contribution >= 4 is 17.5 Å². The molecule has 0 fully saturated rings. The van der Waals surface area contributed by atoms with Gasteiger partial charge in [0.25, 0.3) is 18.2 Å². The molecular weight excluding hydrogens is 393 g/mol. The largest absolute Gasteiger partial charge is 0.341 e. The van der Waals surface area contributed by atoms with E-state index in [9.17, 15) is 22.8 Å². The molecule has 2 amide bonds. The van der Waals surface area contributed by atoms with Gasteiger partial charge in [0, 0.05) is 27.9 Å². The first-order valence-electron chi connectivity index (χ1n) is 9.24. The average Bonchev–Trinajstić information content (AvgIpc) is 3.05. The number of aryl methyl sites for hydroxylation is 1. The standard InChI is InChI=1S/C23H17F3N2O2/c1-12-5-2-3-6-16(12)20-19-17(23(30)28-20)7-4-8-18(19)27-22(29)14-9-13(21(25)26)10-15(24)11-14/h2-11,20-21H,1H3,(H,27,29)(H,28,30). The third kappa shape index (κ3) is 3.54. The van der Waals surface area contributed by atoms with Crippen LogP contribution >= 0.6 is 0 Å². The second-order valence-corrected chi connectivity index (χ2v) is 7.06. The minimum Gasteiger partial charge on any atom is -0.341 e. The smallest absolute Gasteiger partial charge is 0.263 e. The normalized spacial score (nSPS) is 15.1. The Morgan fingerprint density at radius 1 is 1.07 bits per heavy atom. The van der Waals surface area contributed by atoms with Crippen molar-refractivity contribution in [2.45, 2.75) is 19.4 Å². The molecule has 0 spiro atoms. The molecule has 1 atom stereocenters. The average molecular weight is 410 g/mol. The molecule has 0 aromatic heterocycles. The minimum atomic E-state index is -2.90. The highest BCUT2D eigenvalue weighted by Gasteiger charge is 2.33. The summed E-state index contributed by atoms with van der Waals surface area (Å²) >= 11 is 0. The van der Waals surface area contributed by atoms with E-state index in [0.29, 0.717) is 22.9 Å². The van der Waals surface area contributed by atoms with Crippen LogP contribution in [0.5, 0.6) is 0 Å². The monoisotopic (exact) mass is 410 g/mol. The van der Waals surface area contributed by atoms with E-state index in [-0.39, 0.29) is 11.5 Å². The molecule has 30 heavy (non-hydrogen) atoms. The number of fused-ring (bicyclic) bond motifs is 1. The highest BCUT2D eigenvalue weighted by atomic mass is 19.3. The Balaban J connectivity index is 1.73. The predicted molar refractivity (Wildman–Crippen MR) is 106 cm³/mol. The van der Waals surface area contributed by atoms with Gasteiger partial charge in [-0.2, -0.15) is 0 Å². The lowest BCUT2D eigenvalue weighted by atomic mass is 9.93. The van der Waals surface area contributed by atoms with Gasteiger partial charge in [0.2, 0.25) is 0 Å². The van der Waals surface area contributed by atoms with Gasteiger partial charge in [-0.25, -0.2) is 13.2 Å². The maximum atomic E-state index is 13.7. The van der Waals surface area contributed by atoms with Crippen molar-refractivity contribution in [3.8, 4) is 0 Å². The molecule has 152 valence electrons. The maximum Gasteiger partial charge on any atom is 0.263 e. The molecule has 2 N–H and O–H groups in total. The lowest BCUT2D eigenvalue weighted by Gasteiger charge is -2.18. The lowest BCUT2D eigenvalue weighted by Crippen LogP contribution is -2.21. The van der Waals surface area contributed by atoms with E-state index in [2.05, 4.69) is 10.6 Å². The molecule has 0 saturated heterocycles. The summed E-state index contributed by atoms with van der Waals surface area (Å²) in [5, 5.41) is 5.56. The number of halogens is 3. The van der Waals surface area contributed by atoms with Crippen LogP contribution in [0.15, 0.2) is 60.7 Å². The highest BCUT2D eigenvalue weighted by molar-refractivity contribution is 6.07. The van der Waals surface area contributed by atoms with Crippen molar-refractivity contribution in [1.82, 2.24) is 5.32 Å². The molecule has 1 aliphatic heterocycles. The number of anilines is 1. The number of benzene rings is 3. The molecular formula is C23H17F3N2O2. The Morgan fingerprint density at radius 2 is 1.83 bits per heavy atom. The van der Waals surface area contributed by atoms with Crippen molar-refractivity contribution in [2.24, 2.45) is 0 Å². The molecule has 7 heteroatoms. The zero-order chi connectivity index (χ0) is 21.4. The molecule has 4 rings (SSSR count). The van der Waals surface area contributed by atoms with Crippen LogP contribution in [0, 0.1) is 12.7 Å². The van der Waals surface area contributed by atoms with Crippen LogP contribution in [-0.2, 0) is 0 Å². The molecule has 1 unspecified atom stereocenters. The number of nitrogens with one attached hydrogen (secondary N) is 2. The van der Waals surface area contributed by atoms with E-state index in [0.717, 1.165) is 23.3 Å². The van der Waals surface area contributed by atoms with E-state index in [1.165, 1.54) is 0 Å². The predicted octanol–water partition coefficient (Wildman–Crippen LogP) is 5.16. The summed E-state index contributed by atoms with van der Waals surface area (Å²) in [5.74, 6) is -1.95. The van der Waals surface area contributed by atoms with Crippen LogP contribution in [0.1, 0.15) is 55.4 Å². The summed E-state index contributed by atoms with van der Waals surface area (Å²) in [4.78, 5) is 25.2. The van der Waals surface area contributed by atoms with E-state index < -0.39 is 29.8 Å². The highest BCUT2D eigenvalue weighted by Crippen LogP contribution is 2.37. The van der Waals surface area contributed by atoms with Gasteiger partial charge < -0.3 is 10.6 Å². The van der Waals surface area contributed by atoms with Gasteiger partial charge in [0.05, 0.1) is 6.04 Å². The van der Waals surface area contributed by atoms with Gasteiger partial charge >= 0.3 is 0 Å². The number of alkyl halides is 2. The molecule has 3 aromatic carbocycles. The fraction of sp³-hybridized carbons (Fsp3) is 0.130. The molecule has 0 bridgehead atoms. The van der Waals surface area contributed by atoms with Crippen molar-refractivity contribution in [3.63, 3.8) is 0 Å². The van der Waals surface area contributed by atoms with Crippen molar-refractivity contribution in [2.75, 3.05) is 5.32 Å². The summed E-state index contributed by atoms with van der Waals surface area (Å²) in [6, 6.07) is 14.5. The quantitative estimate of drug-likeness (QED) is 0.625. The van der Waals surface area contributed by atoms with Crippen molar-refractivity contribution in [1.29, 1.82) is 0 Å². The fourth-order valence-electron chi connectivity index (χ4n) is 3.67. The van der Waals surface area contributed by atoms with Crippen molar-refractivity contribution < 1.29 is 22.8 Å². The van der Waals surface area contributed by atoms with Crippen LogP contribution < -0.4 is 10.6 Å². The van der Waals surface area contributed by atoms with Gasteiger partial charge in [0.15, 0.2) is 0 Å². The first-order chi connectivity index (χ1) is 14.3. The van der Waals surface area contributed by atoms with Gasteiger partial charge in [0.1, 0.15) is 5.82 Å². The third-order valence-electron chi connectivity index (χ3n) is 5.10. The summed E-state index contributed by atoms with van der Waals surface area (Å²) in [6.45, 7) is 1.92.